The predicted molar refractivity (Wildman–Crippen MR) is 275 cm³/mol. The highest BCUT2D eigenvalue weighted by Crippen LogP contribution is 2.63. The lowest BCUT2D eigenvalue weighted by Gasteiger charge is -2.45. The van der Waals surface area contributed by atoms with Crippen LogP contribution in [0.1, 0.15) is 47.2 Å². The van der Waals surface area contributed by atoms with Crippen LogP contribution in [0.25, 0.3) is 44.5 Å². The summed E-state index contributed by atoms with van der Waals surface area (Å²) in [7, 11) is 0. The summed E-state index contributed by atoms with van der Waals surface area (Å²) in [5, 5.41) is 0. The summed E-state index contributed by atoms with van der Waals surface area (Å²) >= 11 is 0. The minimum Gasteiger partial charge on any atom is -0.310 e. The van der Waals surface area contributed by atoms with Gasteiger partial charge in [-0.05, 0) is 145 Å². The lowest BCUT2D eigenvalue weighted by atomic mass is 9.64. The van der Waals surface area contributed by atoms with Gasteiger partial charge in [0, 0.05) is 28.2 Å². The maximum Gasteiger partial charge on any atom is 0.0754 e. The lowest BCUT2D eigenvalue weighted by Crippen LogP contribution is -2.36. The van der Waals surface area contributed by atoms with Crippen LogP contribution in [0.15, 0.2) is 243 Å². The van der Waals surface area contributed by atoms with E-state index >= 15 is 0 Å². The molecule has 0 aromatic heterocycles. The number of para-hydroxylation sites is 3. The Labute approximate surface area is 387 Å². The molecule has 312 valence electrons. The number of fused-ring (bicyclic) bond motifs is 12. The molecule has 0 fully saturated rings. The van der Waals surface area contributed by atoms with Crippen LogP contribution in [-0.4, -0.2) is 0 Å². The Morgan fingerprint density at radius 3 is 1.36 bits per heavy atom. The van der Waals surface area contributed by atoms with Gasteiger partial charge in [-0.15, -0.1) is 0 Å². The van der Waals surface area contributed by atoms with Gasteiger partial charge in [0.2, 0.25) is 0 Å². The Morgan fingerprint density at radius 2 is 0.727 bits per heavy atom. The average Bonchev–Trinajstić information content (AvgIpc) is 3.80. The number of hydrogen-bond donors (Lipinski definition) is 0. The molecule has 0 saturated carbocycles. The summed E-state index contributed by atoms with van der Waals surface area (Å²) in [5.41, 5.74) is 24.3. The number of anilines is 6. The van der Waals surface area contributed by atoms with Crippen LogP contribution >= 0.6 is 0 Å². The highest BCUT2D eigenvalue weighted by atomic mass is 15.2. The quantitative estimate of drug-likeness (QED) is 0.165. The van der Waals surface area contributed by atoms with Crippen LogP contribution in [-0.2, 0) is 10.8 Å². The Morgan fingerprint density at radius 1 is 0.303 bits per heavy atom. The molecule has 0 atom stereocenters. The highest BCUT2D eigenvalue weighted by molar-refractivity contribution is 5.97. The fourth-order valence-corrected chi connectivity index (χ4v) is 11.7. The van der Waals surface area contributed by atoms with Crippen LogP contribution in [0.2, 0.25) is 0 Å². The van der Waals surface area contributed by atoms with Crippen LogP contribution in [0.4, 0.5) is 34.1 Å². The number of nitrogens with zero attached hydrogens (tertiary/aromatic N) is 2. The third kappa shape index (κ3) is 5.55. The van der Waals surface area contributed by atoms with E-state index in [4.69, 9.17) is 0 Å². The molecule has 10 aromatic rings. The second kappa shape index (κ2) is 14.7. The van der Waals surface area contributed by atoms with Gasteiger partial charge in [-0.2, -0.15) is 0 Å². The van der Waals surface area contributed by atoms with Gasteiger partial charge >= 0.3 is 0 Å². The largest absolute Gasteiger partial charge is 0.310 e. The van der Waals surface area contributed by atoms with E-state index in [1.165, 1.54) is 89.3 Å². The molecule has 2 nitrogen and oxygen atoms in total. The SMILES string of the molecule is CC1(C)c2ccccc2-c2ccc(N(c3ccc(-c4ccccc4)cc3)c3ccc(-c4ccc5c(c4)C4(c6ccccc6-5)c5ccccc5N(c5ccccc5)c5ccccc54)cc3)cc21. The topological polar surface area (TPSA) is 6.48 Å². The minimum atomic E-state index is -0.510. The Hall–Kier alpha value is -8.20. The first-order chi connectivity index (χ1) is 32.5. The van der Waals surface area contributed by atoms with Crippen LogP contribution in [0.5, 0.6) is 0 Å². The van der Waals surface area contributed by atoms with Gasteiger partial charge < -0.3 is 9.80 Å². The molecular formula is C64H46N2. The third-order valence-corrected chi connectivity index (χ3v) is 14.7. The molecule has 1 spiro atoms. The summed E-state index contributed by atoms with van der Waals surface area (Å²) in [6.07, 6.45) is 0. The number of benzene rings is 10. The maximum atomic E-state index is 2.48. The van der Waals surface area contributed by atoms with Crippen LogP contribution < -0.4 is 9.80 Å². The van der Waals surface area contributed by atoms with E-state index < -0.39 is 5.41 Å². The summed E-state index contributed by atoms with van der Waals surface area (Å²) < 4.78 is 0. The molecule has 2 heteroatoms. The molecule has 0 N–H and O–H groups in total. The second-order valence-corrected chi connectivity index (χ2v) is 18.5. The predicted octanol–water partition coefficient (Wildman–Crippen LogP) is 16.9. The van der Waals surface area contributed by atoms with E-state index in [2.05, 4.69) is 266 Å². The molecule has 1 aliphatic heterocycles. The van der Waals surface area contributed by atoms with Gasteiger partial charge in [-0.3, -0.25) is 0 Å². The van der Waals surface area contributed by atoms with Gasteiger partial charge in [-0.25, -0.2) is 0 Å². The molecule has 0 amide bonds. The van der Waals surface area contributed by atoms with Gasteiger partial charge in [-0.1, -0.05) is 190 Å². The van der Waals surface area contributed by atoms with E-state index in [0.29, 0.717) is 0 Å². The zero-order valence-corrected chi connectivity index (χ0v) is 37.0. The smallest absolute Gasteiger partial charge is 0.0754 e. The van der Waals surface area contributed by atoms with Crippen molar-refractivity contribution in [3.05, 3.63) is 276 Å². The van der Waals surface area contributed by atoms with Crippen molar-refractivity contribution in [2.75, 3.05) is 9.80 Å². The van der Waals surface area contributed by atoms with Crippen LogP contribution in [0.3, 0.4) is 0 Å². The molecular weight excluding hydrogens is 797 g/mol. The van der Waals surface area contributed by atoms with Crippen molar-refractivity contribution >= 4 is 34.1 Å². The van der Waals surface area contributed by atoms with Crippen molar-refractivity contribution in [2.45, 2.75) is 24.7 Å². The normalized spacial score (nSPS) is 14.1. The van der Waals surface area contributed by atoms with Gasteiger partial charge in [0.15, 0.2) is 0 Å². The van der Waals surface area contributed by atoms with Crippen molar-refractivity contribution in [2.24, 2.45) is 0 Å². The third-order valence-electron chi connectivity index (χ3n) is 14.7. The standard InChI is InChI=1S/C64H46N2/c1-63(2)55-23-11-9-21-51(55)53-40-38-50(42-59(53)63)65(48-34-29-44(30-35-48)43-17-5-3-6-18-43)49-36-31-45(32-37-49)46-33-39-54-52-22-10-12-24-56(52)64(60(54)41-46)57-25-13-15-27-61(57)66(47-19-7-4-8-20-47)62-28-16-14-26-58(62)64/h3-42H,1-2H3. The Kier molecular flexibility index (Phi) is 8.51. The van der Waals surface area contributed by atoms with E-state index in [1.54, 1.807) is 0 Å². The molecule has 0 saturated heterocycles. The van der Waals surface area contributed by atoms with Crippen molar-refractivity contribution in [3.8, 4) is 44.5 Å². The highest BCUT2D eigenvalue weighted by Gasteiger charge is 2.51. The zero-order valence-electron chi connectivity index (χ0n) is 37.0. The zero-order chi connectivity index (χ0) is 44.0. The molecule has 13 rings (SSSR count). The molecule has 1 heterocycles. The van der Waals surface area contributed by atoms with Crippen molar-refractivity contribution in [1.29, 1.82) is 0 Å². The molecule has 66 heavy (non-hydrogen) atoms. The van der Waals surface area contributed by atoms with Crippen LogP contribution in [0, 0.1) is 0 Å². The number of rotatable bonds is 6. The molecule has 0 bridgehead atoms. The second-order valence-electron chi connectivity index (χ2n) is 18.5. The van der Waals surface area contributed by atoms with Gasteiger partial charge in [0.1, 0.15) is 0 Å². The van der Waals surface area contributed by atoms with Crippen molar-refractivity contribution in [3.63, 3.8) is 0 Å². The first-order valence-corrected chi connectivity index (χ1v) is 23.1. The van der Waals surface area contributed by atoms with Crippen molar-refractivity contribution in [1.82, 2.24) is 0 Å². The summed E-state index contributed by atoms with van der Waals surface area (Å²) in [6.45, 7) is 4.72. The maximum absolute atomic E-state index is 2.48. The summed E-state index contributed by atoms with van der Waals surface area (Å²) in [4.78, 5) is 4.86. The van der Waals surface area contributed by atoms with E-state index in [0.717, 1.165) is 22.7 Å². The van der Waals surface area contributed by atoms with E-state index in [9.17, 15) is 0 Å². The molecule has 3 aliphatic rings. The average molecular weight is 843 g/mol. The molecule has 10 aromatic carbocycles. The van der Waals surface area contributed by atoms with Gasteiger partial charge in [0.05, 0.1) is 16.8 Å². The fourth-order valence-electron chi connectivity index (χ4n) is 11.7. The first kappa shape index (κ1) is 38.3. The first-order valence-electron chi connectivity index (χ1n) is 23.1. The fraction of sp³-hybridized carbons (Fsp3) is 0.0625. The monoisotopic (exact) mass is 842 g/mol. The van der Waals surface area contributed by atoms with E-state index in [1.807, 2.05) is 0 Å². The van der Waals surface area contributed by atoms with Crippen molar-refractivity contribution < 1.29 is 0 Å². The molecule has 2 aliphatic carbocycles. The minimum absolute atomic E-state index is 0.113. The molecule has 0 unspecified atom stereocenters. The number of hydrogen-bond acceptors (Lipinski definition) is 2. The molecule has 0 radical (unpaired) electrons. The summed E-state index contributed by atoms with van der Waals surface area (Å²) in [5.74, 6) is 0. The lowest BCUT2D eigenvalue weighted by molar-refractivity contribution is 0.660. The Bertz CT molecular complexity index is 3450. The van der Waals surface area contributed by atoms with E-state index in [-0.39, 0.29) is 5.41 Å². The Balaban J connectivity index is 0.946. The summed E-state index contributed by atoms with van der Waals surface area (Å²) in [6, 6.07) is 89.9. The van der Waals surface area contributed by atoms with Gasteiger partial charge in [0.25, 0.3) is 0 Å².